The van der Waals surface area contributed by atoms with E-state index in [4.69, 9.17) is 19.0 Å². The number of amides is 3. The number of Topliss-reactive ketones (excluding diaryl/α,β-unsaturated/α-hetero) is 1. The van der Waals surface area contributed by atoms with Gasteiger partial charge in [-0.2, -0.15) is 13.1 Å². The zero-order chi connectivity index (χ0) is 36.2. The molecule has 19 heteroatoms. The quantitative estimate of drug-likeness (QED) is 0.0809. The number of hydrogen-bond donors (Lipinski definition) is 4. The van der Waals surface area contributed by atoms with Crippen molar-refractivity contribution in [2.45, 2.75) is 111 Å². The second-order valence-corrected chi connectivity index (χ2v) is 16.4. The first-order valence-electron chi connectivity index (χ1n) is 14.5. The van der Waals surface area contributed by atoms with Gasteiger partial charge in [0.25, 0.3) is 0 Å². The third-order valence-corrected chi connectivity index (χ3v) is 7.28. The number of esters is 1. The molecule has 47 heavy (non-hydrogen) atoms. The molecule has 0 radical (unpaired) electrons. The van der Waals surface area contributed by atoms with Gasteiger partial charge in [0.15, 0.2) is 16.6 Å². The van der Waals surface area contributed by atoms with Crippen molar-refractivity contribution in [1.29, 1.82) is 0 Å². The summed E-state index contributed by atoms with van der Waals surface area (Å²) in [5.41, 5.74) is -4.63. The minimum absolute atomic E-state index is 0.0374. The molecule has 1 aromatic rings. The van der Waals surface area contributed by atoms with Crippen LogP contribution in [0.2, 0.25) is 0 Å². The number of nitrogens with zero attached hydrogens (tertiary/aromatic N) is 2. The Morgan fingerprint density at radius 2 is 1.47 bits per heavy atom. The zero-order valence-corrected chi connectivity index (χ0v) is 30.0. The maximum atomic E-state index is 13.6. The molecule has 0 unspecified atom stereocenters. The second kappa shape index (κ2) is 14.5. The minimum atomic E-state index is -4.37. The van der Waals surface area contributed by atoms with Crippen LogP contribution in [0.4, 0.5) is 14.7 Å². The number of oxime groups is 1. The smallest absolute Gasteiger partial charge is 0.422 e. The molecular formula is C28H44N6O11S2. The summed E-state index contributed by atoms with van der Waals surface area (Å²) in [6.07, 6.45) is -2.45. The number of hydrogen-bond acceptors (Lipinski definition) is 14. The van der Waals surface area contributed by atoms with Crippen LogP contribution >= 0.6 is 11.3 Å². The molecule has 1 saturated heterocycles. The maximum Gasteiger partial charge on any atom is 0.422 e. The second-order valence-electron chi connectivity index (χ2n) is 14.0. The van der Waals surface area contributed by atoms with Gasteiger partial charge in [0, 0.05) is 18.3 Å². The van der Waals surface area contributed by atoms with Gasteiger partial charge in [-0.1, -0.05) is 5.16 Å². The number of thiazole rings is 1. The third kappa shape index (κ3) is 13.4. The molecule has 0 saturated carbocycles. The molecule has 1 aliphatic rings. The number of nitrogens with one attached hydrogen (secondary N) is 4. The van der Waals surface area contributed by atoms with E-state index in [1.54, 1.807) is 67.0 Å². The van der Waals surface area contributed by atoms with Crippen LogP contribution in [0.15, 0.2) is 10.5 Å². The van der Waals surface area contributed by atoms with Crippen LogP contribution in [0.5, 0.6) is 0 Å². The van der Waals surface area contributed by atoms with Gasteiger partial charge in [-0.25, -0.2) is 24.1 Å². The van der Waals surface area contributed by atoms with Gasteiger partial charge in [0.2, 0.25) is 11.5 Å². The highest BCUT2D eigenvalue weighted by atomic mass is 32.2. The van der Waals surface area contributed by atoms with Crippen LogP contribution < -0.4 is 20.1 Å². The number of carbonyl (C=O) groups excluding carboxylic acids is 5. The van der Waals surface area contributed by atoms with Gasteiger partial charge in [0.05, 0.1) is 12.0 Å². The fourth-order valence-corrected chi connectivity index (χ4v) is 4.93. The van der Waals surface area contributed by atoms with Crippen LogP contribution in [0.1, 0.15) is 88.3 Å². The Balaban J connectivity index is 2.26. The number of aromatic nitrogens is 1. The van der Waals surface area contributed by atoms with Gasteiger partial charge in [-0.3, -0.25) is 14.9 Å². The minimum Gasteiger partial charge on any atom is -0.457 e. The van der Waals surface area contributed by atoms with Crippen molar-refractivity contribution in [2.24, 2.45) is 11.1 Å². The van der Waals surface area contributed by atoms with E-state index >= 15 is 0 Å². The van der Waals surface area contributed by atoms with Crippen LogP contribution in [0.25, 0.3) is 0 Å². The summed E-state index contributed by atoms with van der Waals surface area (Å²) in [6, 6.07) is -0.832. The van der Waals surface area contributed by atoms with E-state index in [9.17, 15) is 32.4 Å². The monoisotopic (exact) mass is 704 g/mol. The average molecular weight is 705 g/mol. The van der Waals surface area contributed by atoms with E-state index in [1.807, 2.05) is 0 Å². The van der Waals surface area contributed by atoms with Crippen LogP contribution in [0, 0.1) is 5.92 Å². The number of anilines is 1. The largest absolute Gasteiger partial charge is 0.457 e. The van der Waals surface area contributed by atoms with E-state index in [-0.39, 0.29) is 23.1 Å². The topological polar surface area (TPSA) is 230 Å². The standard InChI is InChI=1S/C28H44N6O11S2/c1-25(2,3)42-21(37)28(10,11)45-33-19(17-14-46-22(31-17)32-23(38)43-26(4,5)6)18(35)12-15-16(30-20(15)36)13-29-47(40,41)34-24(39)44-27(7,8)9/h14-16,29H,12-13H2,1-11H3,(H,30,36)(H,34,39)(H,31,32,38)/b33-19-/t15-,16+/m0/s1. The van der Waals surface area contributed by atoms with E-state index in [0.717, 1.165) is 11.3 Å². The molecule has 2 atom stereocenters. The van der Waals surface area contributed by atoms with Crippen molar-refractivity contribution in [3.8, 4) is 0 Å². The van der Waals surface area contributed by atoms with E-state index in [1.165, 1.54) is 19.2 Å². The Labute approximate surface area is 278 Å². The maximum absolute atomic E-state index is 13.6. The molecule has 17 nitrogen and oxygen atoms in total. The number of ketones is 1. The van der Waals surface area contributed by atoms with Gasteiger partial charge in [-0.05, 0) is 76.2 Å². The highest BCUT2D eigenvalue weighted by Crippen LogP contribution is 2.24. The number of rotatable bonds is 12. The summed E-state index contributed by atoms with van der Waals surface area (Å²) in [4.78, 5) is 72.6. The molecular weight excluding hydrogens is 660 g/mol. The average Bonchev–Trinajstić information content (AvgIpc) is 3.28. The first kappa shape index (κ1) is 39.3. The fourth-order valence-electron chi connectivity index (χ4n) is 3.52. The van der Waals surface area contributed by atoms with Gasteiger partial charge in [0.1, 0.15) is 22.5 Å². The van der Waals surface area contributed by atoms with Crippen molar-refractivity contribution >= 4 is 62.2 Å². The van der Waals surface area contributed by atoms with Crippen molar-refractivity contribution in [2.75, 3.05) is 11.9 Å². The number of ether oxygens (including phenoxy) is 3. The first-order chi connectivity index (χ1) is 21.2. The van der Waals surface area contributed by atoms with E-state index in [2.05, 4.69) is 25.5 Å². The van der Waals surface area contributed by atoms with Crippen molar-refractivity contribution in [3.63, 3.8) is 0 Å². The van der Waals surface area contributed by atoms with Gasteiger partial charge in [-0.15, -0.1) is 11.3 Å². The molecule has 1 aliphatic heterocycles. The Morgan fingerprint density at radius 3 is 2.00 bits per heavy atom. The molecule has 264 valence electrons. The van der Waals surface area contributed by atoms with E-state index in [0.29, 0.717) is 0 Å². The normalized spacial score (nSPS) is 17.5. The summed E-state index contributed by atoms with van der Waals surface area (Å²) < 4.78 is 44.0. The highest BCUT2D eigenvalue weighted by molar-refractivity contribution is 7.88. The molecule has 1 fully saturated rings. The van der Waals surface area contributed by atoms with Crippen LogP contribution in [-0.2, 0) is 43.6 Å². The van der Waals surface area contributed by atoms with Gasteiger partial charge < -0.3 is 24.4 Å². The lowest BCUT2D eigenvalue weighted by atomic mass is 9.85. The summed E-state index contributed by atoms with van der Waals surface area (Å²) >= 11 is 0.952. The third-order valence-electron chi connectivity index (χ3n) is 5.54. The van der Waals surface area contributed by atoms with Crippen molar-refractivity contribution in [1.82, 2.24) is 19.7 Å². The van der Waals surface area contributed by atoms with Crippen molar-refractivity contribution in [3.05, 3.63) is 11.1 Å². The van der Waals surface area contributed by atoms with E-state index < -0.39 is 80.8 Å². The predicted octanol–water partition coefficient (Wildman–Crippen LogP) is 2.76. The summed E-state index contributed by atoms with van der Waals surface area (Å²) in [7, 11) is -4.37. The lowest BCUT2D eigenvalue weighted by Gasteiger charge is -2.36. The first-order valence-corrected chi connectivity index (χ1v) is 16.8. The summed E-state index contributed by atoms with van der Waals surface area (Å²) in [5, 5.41) is 10.4. The SMILES string of the molecule is CC(C)(C)OC(=O)Nc1nc(/C(=N/OC(C)(C)C(=O)OC(C)(C)C)C(=O)C[C@@H]2C(=O)N[C@@H]2CNS(=O)(=O)NC(=O)OC(C)(C)C)cs1. The highest BCUT2D eigenvalue weighted by Gasteiger charge is 2.42. The Kier molecular flexibility index (Phi) is 12.1. The Hall–Kier alpha value is -3.84. The molecule has 2 rings (SSSR count). The molecule has 2 heterocycles. The summed E-state index contributed by atoms with van der Waals surface area (Å²) in [6.45, 7) is 17.1. The van der Waals surface area contributed by atoms with Gasteiger partial charge >= 0.3 is 28.4 Å². The summed E-state index contributed by atoms with van der Waals surface area (Å²) in [5.74, 6) is -3.05. The zero-order valence-electron chi connectivity index (χ0n) is 28.3. The molecule has 0 aliphatic carbocycles. The molecule has 0 aromatic carbocycles. The number of β-lactam (4-membered cyclic amide) rings is 1. The lowest BCUT2D eigenvalue weighted by molar-refractivity contribution is -0.179. The number of carbonyl (C=O) groups is 5. The van der Waals surface area contributed by atoms with Crippen LogP contribution in [-0.4, -0.2) is 84.0 Å². The Morgan fingerprint density at radius 1 is 0.915 bits per heavy atom. The van der Waals surface area contributed by atoms with Crippen molar-refractivity contribution < 1.29 is 51.4 Å². The molecule has 0 bridgehead atoms. The molecule has 4 N–H and O–H groups in total. The van der Waals surface area contributed by atoms with Crippen LogP contribution in [0.3, 0.4) is 0 Å². The predicted molar refractivity (Wildman–Crippen MR) is 171 cm³/mol. The Bertz CT molecular complexity index is 1500. The fraction of sp³-hybridized carbons (Fsp3) is 0.679. The lowest BCUT2D eigenvalue weighted by Crippen LogP contribution is -2.63. The molecule has 0 spiro atoms. The molecule has 1 aromatic heterocycles. The molecule has 3 amide bonds.